The molecule has 238 valence electrons. The summed E-state index contributed by atoms with van der Waals surface area (Å²) in [6, 6.07) is 49.4. The molecule has 4 aromatic heterocycles. The fourth-order valence-electron chi connectivity index (χ4n) is 7.17. The summed E-state index contributed by atoms with van der Waals surface area (Å²) in [4.78, 5) is 20.4. The first kappa shape index (κ1) is 28.2. The Morgan fingerprint density at radius 2 is 1.14 bits per heavy atom. The largest absolute Gasteiger partial charge is 0.456 e. The first-order valence-corrected chi connectivity index (χ1v) is 17.5. The summed E-state index contributed by atoms with van der Waals surface area (Å²) in [7, 11) is 0. The van der Waals surface area contributed by atoms with Crippen LogP contribution in [0.2, 0.25) is 0 Å². The van der Waals surface area contributed by atoms with E-state index in [0.717, 1.165) is 80.9 Å². The molecule has 0 aliphatic heterocycles. The molecule has 51 heavy (non-hydrogen) atoms. The number of aromatic nitrogens is 4. The molecule has 6 nitrogen and oxygen atoms in total. The van der Waals surface area contributed by atoms with Gasteiger partial charge in [-0.05, 0) is 47.2 Å². The summed E-state index contributed by atoms with van der Waals surface area (Å²) in [6.07, 6.45) is 0. The number of thiophene rings is 1. The fourth-order valence-corrected chi connectivity index (χ4v) is 8.32. The molecule has 0 aliphatic carbocycles. The van der Waals surface area contributed by atoms with Crippen LogP contribution in [0.4, 0.5) is 0 Å². The molecule has 0 saturated heterocycles. The molecule has 7 heteroatoms. The fraction of sp³-hybridized carbons (Fsp3) is 0. The highest BCUT2D eigenvalue weighted by atomic mass is 32.1. The van der Waals surface area contributed by atoms with Crippen molar-refractivity contribution in [2.75, 3.05) is 0 Å². The summed E-state index contributed by atoms with van der Waals surface area (Å²) in [5, 5.41) is 6.51. The molecule has 0 spiro atoms. The Morgan fingerprint density at radius 1 is 0.412 bits per heavy atom. The van der Waals surface area contributed by atoms with E-state index >= 15 is 0 Å². The highest BCUT2D eigenvalue weighted by molar-refractivity contribution is 7.26. The van der Waals surface area contributed by atoms with Crippen LogP contribution >= 0.6 is 11.3 Å². The molecule has 4 heterocycles. The van der Waals surface area contributed by atoms with Crippen molar-refractivity contribution in [3.8, 4) is 45.6 Å². The number of fused-ring (bicyclic) bond motifs is 8. The van der Waals surface area contributed by atoms with Crippen LogP contribution in [0, 0.1) is 0 Å². The van der Waals surface area contributed by atoms with Crippen LogP contribution < -0.4 is 0 Å². The Morgan fingerprint density at radius 3 is 2.02 bits per heavy atom. The van der Waals surface area contributed by atoms with Gasteiger partial charge in [-0.2, -0.15) is 0 Å². The standard InChI is InChI=1S/C44H24N4O2S/c1-2-11-26(12-3-1)41-46-42(30-15-8-18-35-39(30)29-14-6-7-17-34(29)49-35)48-43(47-41)31-16-9-19-37-40(31)32-23-33-36(24-38(32)51-37)50-44(45-33)28-21-20-25-10-4-5-13-27(25)22-28/h1-24H. The van der Waals surface area contributed by atoms with E-state index in [1.807, 2.05) is 66.7 Å². The summed E-state index contributed by atoms with van der Waals surface area (Å²) < 4.78 is 14.9. The van der Waals surface area contributed by atoms with Crippen LogP contribution in [-0.2, 0) is 0 Å². The van der Waals surface area contributed by atoms with Crippen molar-refractivity contribution in [3.05, 3.63) is 146 Å². The van der Waals surface area contributed by atoms with E-state index in [1.54, 1.807) is 11.3 Å². The number of benzene rings is 7. The predicted octanol–water partition coefficient (Wildman–Crippen LogP) is 12.1. The topological polar surface area (TPSA) is 77.8 Å². The van der Waals surface area contributed by atoms with Gasteiger partial charge in [0.25, 0.3) is 0 Å². The second-order valence-corrected chi connectivity index (χ2v) is 13.7. The van der Waals surface area contributed by atoms with Gasteiger partial charge in [0.15, 0.2) is 23.1 Å². The normalized spacial score (nSPS) is 11.9. The first-order chi connectivity index (χ1) is 25.2. The Labute approximate surface area is 294 Å². The zero-order valence-electron chi connectivity index (χ0n) is 26.9. The number of oxazole rings is 1. The number of hydrogen-bond acceptors (Lipinski definition) is 7. The zero-order chi connectivity index (χ0) is 33.5. The van der Waals surface area contributed by atoms with Gasteiger partial charge in [-0.25, -0.2) is 19.9 Å². The average molecular weight is 673 g/mol. The van der Waals surface area contributed by atoms with Crippen LogP contribution in [0.1, 0.15) is 0 Å². The predicted molar refractivity (Wildman–Crippen MR) is 207 cm³/mol. The van der Waals surface area contributed by atoms with E-state index < -0.39 is 0 Å². The van der Waals surface area contributed by atoms with Gasteiger partial charge < -0.3 is 8.83 Å². The minimum atomic E-state index is 0.589. The van der Waals surface area contributed by atoms with Gasteiger partial charge in [0.2, 0.25) is 5.89 Å². The Balaban J connectivity index is 1.13. The molecule has 0 aliphatic rings. The number of para-hydroxylation sites is 1. The lowest BCUT2D eigenvalue weighted by molar-refractivity contribution is 0.620. The molecule has 0 radical (unpaired) electrons. The van der Waals surface area contributed by atoms with Gasteiger partial charge in [0, 0.05) is 59.3 Å². The molecule has 0 saturated carbocycles. The van der Waals surface area contributed by atoms with Crippen molar-refractivity contribution >= 4 is 75.3 Å². The van der Waals surface area contributed by atoms with Crippen LogP contribution in [-0.4, -0.2) is 19.9 Å². The minimum Gasteiger partial charge on any atom is -0.456 e. The molecule has 0 amide bonds. The van der Waals surface area contributed by atoms with E-state index in [9.17, 15) is 0 Å². The van der Waals surface area contributed by atoms with E-state index in [-0.39, 0.29) is 0 Å². The maximum Gasteiger partial charge on any atom is 0.227 e. The molecule has 7 aromatic carbocycles. The smallest absolute Gasteiger partial charge is 0.227 e. The zero-order valence-corrected chi connectivity index (χ0v) is 27.7. The molecule has 11 rings (SSSR count). The van der Waals surface area contributed by atoms with Gasteiger partial charge in [-0.15, -0.1) is 11.3 Å². The summed E-state index contributed by atoms with van der Waals surface area (Å²) in [6.45, 7) is 0. The maximum absolute atomic E-state index is 6.37. The Kier molecular flexibility index (Phi) is 6.02. The van der Waals surface area contributed by atoms with Crippen LogP contribution in [0.3, 0.4) is 0 Å². The van der Waals surface area contributed by atoms with Crippen molar-refractivity contribution in [1.29, 1.82) is 0 Å². The lowest BCUT2D eigenvalue weighted by Crippen LogP contribution is -2.00. The van der Waals surface area contributed by atoms with Crippen molar-refractivity contribution < 1.29 is 8.83 Å². The molecule has 0 unspecified atom stereocenters. The van der Waals surface area contributed by atoms with Gasteiger partial charge in [-0.1, -0.05) is 103 Å². The molecule has 11 aromatic rings. The summed E-state index contributed by atoms with van der Waals surface area (Å²) in [5.41, 5.74) is 6.88. The Bertz CT molecular complexity index is 3160. The second kappa shape index (κ2) is 10.9. The third-order valence-electron chi connectivity index (χ3n) is 9.55. The highest BCUT2D eigenvalue weighted by Gasteiger charge is 2.21. The maximum atomic E-state index is 6.37. The highest BCUT2D eigenvalue weighted by Crippen LogP contribution is 2.43. The van der Waals surface area contributed by atoms with Crippen LogP contribution in [0.25, 0.3) is 110 Å². The van der Waals surface area contributed by atoms with E-state index in [4.69, 9.17) is 28.8 Å². The SMILES string of the molecule is c1ccc(-c2nc(-c3cccc4oc5ccccc5c34)nc(-c3cccc4sc5cc6oc(-c7ccc8ccccc8c7)nc6cc5c34)n2)cc1. The minimum absolute atomic E-state index is 0.589. The van der Waals surface area contributed by atoms with Gasteiger partial charge >= 0.3 is 0 Å². The van der Waals surface area contributed by atoms with Crippen molar-refractivity contribution in [1.82, 2.24) is 19.9 Å². The average Bonchev–Trinajstić information content (AvgIpc) is 3.89. The third kappa shape index (κ3) is 4.49. The van der Waals surface area contributed by atoms with Crippen LogP contribution in [0.5, 0.6) is 0 Å². The first-order valence-electron chi connectivity index (χ1n) is 16.7. The molecule has 0 fully saturated rings. The van der Waals surface area contributed by atoms with Crippen molar-refractivity contribution in [2.24, 2.45) is 0 Å². The van der Waals surface area contributed by atoms with E-state index in [2.05, 4.69) is 78.9 Å². The van der Waals surface area contributed by atoms with Crippen molar-refractivity contribution in [3.63, 3.8) is 0 Å². The quantitative estimate of drug-likeness (QED) is 0.185. The number of hydrogen-bond donors (Lipinski definition) is 0. The molecule has 0 atom stereocenters. The number of nitrogens with zero attached hydrogens (tertiary/aromatic N) is 4. The second-order valence-electron chi connectivity index (χ2n) is 12.6. The Hall–Kier alpha value is -6.70. The lowest BCUT2D eigenvalue weighted by Gasteiger charge is -2.10. The van der Waals surface area contributed by atoms with E-state index in [0.29, 0.717) is 23.4 Å². The number of furan rings is 1. The van der Waals surface area contributed by atoms with E-state index in [1.165, 1.54) is 5.39 Å². The summed E-state index contributed by atoms with van der Waals surface area (Å²) >= 11 is 1.73. The van der Waals surface area contributed by atoms with Crippen molar-refractivity contribution in [2.45, 2.75) is 0 Å². The number of rotatable bonds is 4. The summed E-state index contributed by atoms with van der Waals surface area (Å²) in [5.74, 6) is 2.40. The molecule has 0 bridgehead atoms. The molecular formula is C44H24N4O2S. The third-order valence-corrected chi connectivity index (χ3v) is 10.7. The monoisotopic (exact) mass is 672 g/mol. The molecular weight excluding hydrogens is 649 g/mol. The van der Waals surface area contributed by atoms with Crippen LogP contribution in [0.15, 0.2) is 154 Å². The lowest BCUT2D eigenvalue weighted by atomic mass is 10.0. The molecule has 0 N–H and O–H groups in total. The van der Waals surface area contributed by atoms with Gasteiger partial charge in [-0.3, -0.25) is 0 Å². The van der Waals surface area contributed by atoms with Gasteiger partial charge in [0.05, 0.1) is 0 Å². The van der Waals surface area contributed by atoms with Gasteiger partial charge in [0.1, 0.15) is 16.7 Å².